The predicted molar refractivity (Wildman–Crippen MR) is 138 cm³/mol. The molecule has 0 unspecified atom stereocenters. The van der Waals surface area contributed by atoms with E-state index < -0.39 is 0 Å². The molecule has 1 N–H and O–H groups in total. The lowest BCUT2D eigenvalue weighted by atomic mass is 10.1. The van der Waals surface area contributed by atoms with Gasteiger partial charge in [0.25, 0.3) is 0 Å². The average molecular weight is 498 g/mol. The number of amides is 1. The largest absolute Gasteiger partial charge is 0.494 e. The molecule has 10 heteroatoms. The number of thioether (sulfide) groups is 1. The summed E-state index contributed by atoms with van der Waals surface area (Å²) in [6.45, 7) is 2.85. The molecule has 0 fully saturated rings. The number of carbonyl (C=O) groups excluding carboxylic acids is 1. The number of nitriles is 1. The van der Waals surface area contributed by atoms with Crippen LogP contribution in [-0.2, 0) is 4.79 Å². The Balaban J connectivity index is 1.31. The van der Waals surface area contributed by atoms with Gasteiger partial charge in [-0.3, -0.25) is 9.20 Å². The van der Waals surface area contributed by atoms with Gasteiger partial charge < -0.3 is 10.1 Å². The van der Waals surface area contributed by atoms with Crippen LogP contribution in [0.1, 0.15) is 25.3 Å². The van der Waals surface area contributed by atoms with Crippen LogP contribution in [0.5, 0.6) is 5.75 Å². The van der Waals surface area contributed by atoms with Gasteiger partial charge in [-0.2, -0.15) is 10.4 Å². The predicted octanol–water partition coefficient (Wildman–Crippen LogP) is 4.83. The fourth-order valence-electron chi connectivity index (χ4n) is 3.69. The van der Waals surface area contributed by atoms with E-state index in [-0.39, 0.29) is 11.7 Å². The number of hydrogen-bond donors (Lipinski definition) is 1. The van der Waals surface area contributed by atoms with Crippen molar-refractivity contribution >= 4 is 34.5 Å². The van der Waals surface area contributed by atoms with Crippen LogP contribution in [0.2, 0.25) is 0 Å². The minimum Gasteiger partial charge on any atom is -0.494 e. The minimum absolute atomic E-state index is 0.128. The van der Waals surface area contributed by atoms with Crippen LogP contribution < -0.4 is 10.1 Å². The van der Waals surface area contributed by atoms with E-state index in [2.05, 4.69) is 33.6 Å². The zero-order valence-corrected chi connectivity index (χ0v) is 20.4. The lowest BCUT2D eigenvalue weighted by Crippen LogP contribution is -2.15. The number of unbranched alkanes of at least 4 members (excludes halogenated alkanes) is 1. The van der Waals surface area contributed by atoms with Gasteiger partial charge >= 0.3 is 0 Å². The van der Waals surface area contributed by atoms with Gasteiger partial charge in [0.05, 0.1) is 29.3 Å². The topological polar surface area (TPSA) is 110 Å². The number of aromatic nitrogens is 5. The molecule has 3 aromatic heterocycles. The van der Waals surface area contributed by atoms with Crippen LogP contribution in [0.25, 0.3) is 22.4 Å². The van der Waals surface area contributed by atoms with Gasteiger partial charge in [-0.1, -0.05) is 37.2 Å². The molecule has 0 aliphatic heterocycles. The molecule has 180 valence electrons. The lowest BCUT2D eigenvalue weighted by molar-refractivity contribution is -0.113. The fraction of sp³-hybridized carbons (Fsp3) is 0.192. The number of para-hydroxylation sites is 1. The highest BCUT2D eigenvalue weighted by Gasteiger charge is 2.15. The highest BCUT2D eigenvalue weighted by Crippen LogP contribution is 2.26. The van der Waals surface area contributed by atoms with Crippen LogP contribution in [0.3, 0.4) is 0 Å². The monoisotopic (exact) mass is 497 g/mol. The zero-order valence-electron chi connectivity index (χ0n) is 19.6. The molecule has 0 atom stereocenters. The molecule has 2 aromatic carbocycles. The Morgan fingerprint density at radius 3 is 2.78 bits per heavy atom. The second-order valence-corrected chi connectivity index (χ2v) is 9.00. The molecule has 0 radical (unpaired) electrons. The lowest BCUT2D eigenvalue weighted by Gasteiger charge is -2.06. The standard InChI is InChI=1S/C26H23N7O2S/c1-2-3-14-35-20-10-8-18(9-11-20)22-15-23-25-29-30-26(32(25)12-13-33(23)31-22)36-17-24(34)28-21-7-5-4-6-19(21)16-27/h4-13,15H,2-3,14,17H2,1H3,(H,28,34). The highest BCUT2D eigenvalue weighted by molar-refractivity contribution is 7.99. The van der Waals surface area contributed by atoms with Crippen molar-refractivity contribution in [3.8, 4) is 23.1 Å². The second-order valence-electron chi connectivity index (χ2n) is 8.05. The molecule has 0 bridgehead atoms. The van der Waals surface area contributed by atoms with Crippen LogP contribution in [0.4, 0.5) is 5.69 Å². The summed E-state index contributed by atoms with van der Waals surface area (Å²) in [5.74, 6) is 0.745. The molecule has 0 spiro atoms. The number of hydrogen-bond acceptors (Lipinski definition) is 7. The third-order valence-electron chi connectivity index (χ3n) is 5.56. The average Bonchev–Trinajstić information content (AvgIpc) is 3.52. The molecular formula is C26H23N7O2S. The SMILES string of the molecule is CCCCOc1ccc(-c2cc3c4nnc(SCC(=O)Nc5ccccc5C#N)n4ccn3n2)cc1. The summed E-state index contributed by atoms with van der Waals surface area (Å²) in [7, 11) is 0. The Bertz CT molecular complexity index is 1570. The molecule has 0 aliphatic rings. The summed E-state index contributed by atoms with van der Waals surface area (Å²) in [5.41, 5.74) is 4.15. The van der Waals surface area contributed by atoms with E-state index in [1.807, 2.05) is 47.1 Å². The number of ether oxygens (including phenoxy) is 1. The van der Waals surface area contributed by atoms with Gasteiger partial charge in [0.15, 0.2) is 10.8 Å². The van der Waals surface area contributed by atoms with E-state index in [9.17, 15) is 10.1 Å². The van der Waals surface area contributed by atoms with Crippen molar-refractivity contribution in [1.82, 2.24) is 24.2 Å². The molecule has 5 rings (SSSR count). The summed E-state index contributed by atoms with van der Waals surface area (Å²) < 4.78 is 9.36. The van der Waals surface area contributed by atoms with Gasteiger partial charge in [-0.15, -0.1) is 10.2 Å². The first-order valence-electron chi connectivity index (χ1n) is 11.5. The smallest absolute Gasteiger partial charge is 0.234 e. The number of nitrogens with one attached hydrogen (secondary N) is 1. The van der Waals surface area contributed by atoms with E-state index in [1.165, 1.54) is 11.8 Å². The number of anilines is 1. The van der Waals surface area contributed by atoms with Crippen molar-refractivity contribution in [2.45, 2.75) is 24.9 Å². The summed E-state index contributed by atoms with van der Waals surface area (Å²) in [4.78, 5) is 12.5. The van der Waals surface area contributed by atoms with Crippen molar-refractivity contribution in [3.63, 3.8) is 0 Å². The third kappa shape index (κ3) is 4.87. The quantitative estimate of drug-likeness (QED) is 0.229. The first kappa shape index (κ1) is 23.4. The molecule has 0 aliphatic carbocycles. The zero-order chi connectivity index (χ0) is 24.9. The molecule has 3 heterocycles. The van der Waals surface area contributed by atoms with Gasteiger partial charge in [-0.25, -0.2) is 4.52 Å². The molecule has 0 saturated carbocycles. The molecule has 5 aromatic rings. The number of carbonyl (C=O) groups is 1. The Labute approximate surface area is 211 Å². The molecule has 1 amide bonds. The summed E-state index contributed by atoms with van der Waals surface area (Å²) in [5, 5.41) is 25.9. The molecule has 36 heavy (non-hydrogen) atoms. The van der Waals surface area contributed by atoms with Crippen molar-refractivity contribution in [2.24, 2.45) is 0 Å². The third-order valence-corrected chi connectivity index (χ3v) is 6.50. The summed E-state index contributed by atoms with van der Waals surface area (Å²) in [6.07, 6.45) is 5.79. The van der Waals surface area contributed by atoms with Crippen LogP contribution in [-0.4, -0.2) is 42.5 Å². The van der Waals surface area contributed by atoms with E-state index >= 15 is 0 Å². The Morgan fingerprint density at radius 2 is 1.97 bits per heavy atom. The summed E-state index contributed by atoms with van der Waals surface area (Å²) in [6, 6.07) is 18.8. The van der Waals surface area contributed by atoms with E-state index in [0.29, 0.717) is 28.7 Å². The maximum Gasteiger partial charge on any atom is 0.234 e. The maximum atomic E-state index is 12.5. The van der Waals surface area contributed by atoms with Crippen molar-refractivity contribution in [3.05, 3.63) is 72.6 Å². The van der Waals surface area contributed by atoms with Crippen molar-refractivity contribution in [2.75, 3.05) is 17.7 Å². The highest BCUT2D eigenvalue weighted by atomic mass is 32.2. The van der Waals surface area contributed by atoms with Gasteiger partial charge in [0.2, 0.25) is 5.91 Å². The van der Waals surface area contributed by atoms with Crippen molar-refractivity contribution < 1.29 is 9.53 Å². The van der Waals surface area contributed by atoms with Crippen LogP contribution in [0, 0.1) is 11.3 Å². The number of benzene rings is 2. The first-order valence-corrected chi connectivity index (χ1v) is 12.5. The van der Waals surface area contributed by atoms with Gasteiger partial charge in [0, 0.05) is 18.0 Å². The minimum atomic E-state index is -0.228. The van der Waals surface area contributed by atoms with Gasteiger partial charge in [-0.05, 0) is 48.9 Å². The summed E-state index contributed by atoms with van der Waals surface area (Å²) >= 11 is 1.27. The van der Waals surface area contributed by atoms with E-state index in [4.69, 9.17) is 4.74 Å². The number of rotatable bonds is 9. The van der Waals surface area contributed by atoms with Gasteiger partial charge in [0.1, 0.15) is 17.3 Å². The van der Waals surface area contributed by atoms with E-state index in [1.54, 1.807) is 28.8 Å². The fourth-order valence-corrected chi connectivity index (χ4v) is 4.41. The number of nitrogens with zero attached hydrogens (tertiary/aromatic N) is 6. The molecule has 9 nitrogen and oxygen atoms in total. The Morgan fingerprint density at radius 1 is 1.14 bits per heavy atom. The molecule has 0 saturated heterocycles. The van der Waals surface area contributed by atoms with Crippen LogP contribution >= 0.6 is 11.8 Å². The van der Waals surface area contributed by atoms with E-state index in [0.717, 1.165) is 35.4 Å². The molecular weight excluding hydrogens is 474 g/mol. The van der Waals surface area contributed by atoms with Crippen molar-refractivity contribution in [1.29, 1.82) is 5.26 Å². The maximum absolute atomic E-state index is 12.5. The second kappa shape index (κ2) is 10.5. The Kier molecular flexibility index (Phi) is 6.82. The Hall–Kier alpha value is -4.36. The normalized spacial score (nSPS) is 11.0. The first-order chi connectivity index (χ1) is 17.7. The van der Waals surface area contributed by atoms with Crippen LogP contribution in [0.15, 0.2) is 72.1 Å². The number of fused-ring (bicyclic) bond motifs is 3.